The molecule has 1 N–H and O–H groups in total. The molecule has 128 valence electrons. The Kier molecular flexibility index (Phi) is 5.09. The van der Waals surface area contributed by atoms with Gasteiger partial charge in [0.05, 0.1) is 18.4 Å². The highest BCUT2D eigenvalue weighted by atomic mass is 16.5. The van der Waals surface area contributed by atoms with E-state index in [9.17, 15) is 5.11 Å². The molecular weight excluding hydrogens is 290 g/mol. The number of aliphatic hydroxyl groups is 1. The number of likely N-dealkylation sites (tertiary alicyclic amines) is 1. The Morgan fingerprint density at radius 2 is 1.87 bits per heavy atom. The maximum atomic E-state index is 10.8. The van der Waals surface area contributed by atoms with Crippen LogP contribution in [-0.2, 0) is 0 Å². The van der Waals surface area contributed by atoms with Crippen molar-refractivity contribution in [3.8, 4) is 5.75 Å². The average Bonchev–Trinajstić information content (AvgIpc) is 2.55. The molecule has 2 heterocycles. The van der Waals surface area contributed by atoms with Gasteiger partial charge in [-0.1, -0.05) is 12.1 Å². The van der Waals surface area contributed by atoms with Crippen molar-refractivity contribution in [1.82, 2.24) is 9.80 Å². The van der Waals surface area contributed by atoms with E-state index in [1.165, 1.54) is 5.69 Å². The number of nitrogens with zero attached hydrogens (tertiary/aromatic N) is 3. The van der Waals surface area contributed by atoms with Crippen LogP contribution in [-0.4, -0.2) is 80.5 Å². The smallest absolute Gasteiger partial charge is 0.142 e. The predicted molar refractivity (Wildman–Crippen MR) is 93.3 cm³/mol. The van der Waals surface area contributed by atoms with Crippen LogP contribution in [0.5, 0.6) is 5.75 Å². The number of ether oxygens (including phenoxy) is 1. The number of hydrogen-bond acceptors (Lipinski definition) is 5. The van der Waals surface area contributed by atoms with Crippen LogP contribution in [0, 0.1) is 0 Å². The number of β-amino-alcohol motifs (C(OH)–C–C–N with tert-alkyl or cyclic N) is 1. The van der Waals surface area contributed by atoms with Crippen LogP contribution < -0.4 is 9.64 Å². The Labute approximate surface area is 139 Å². The molecule has 0 saturated carbocycles. The largest absolute Gasteiger partial charge is 0.495 e. The second kappa shape index (κ2) is 7.07. The number of anilines is 1. The van der Waals surface area contributed by atoms with Gasteiger partial charge >= 0.3 is 0 Å². The Bertz CT molecular complexity index is 517. The summed E-state index contributed by atoms with van der Waals surface area (Å²) >= 11 is 0. The van der Waals surface area contributed by atoms with Gasteiger partial charge in [-0.2, -0.15) is 0 Å². The lowest BCUT2D eigenvalue weighted by atomic mass is 9.92. The molecule has 2 aliphatic rings. The standard InChI is InChI=1S/C18H29N3O2/c1-19-9-5-8-18(22,14-19)15-20-10-12-21(13-11-20)16-6-3-4-7-17(16)23-2/h3-4,6-7,22H,5,8-15H2,1-2H3/t18-/m0/s1. The Hall–Kier alpha value is -1.30. The zero-order chi connectivity index (χ0) is 16.3. The predicted octanol–water partition coefficient (Wildman–Crippen LogP) is 1.27. The van der Waals surface area contributed by atoms with Crippen LogP contribution in [0.25, 0.3) is 0 Å². The SMILES string of the molecule is COc1ccccc1N1CCN(C[C@]2(O)CCCN(C)C2)CC1. The van der Waals surface area contributed by atoms with E-state index >= 15 is 0 Å². The average molecular weight is 319 g/mol. The van der Waals surface area contributed by atoms with Crippen molar-refractivity contribution in [1.29, 1.82) is 0 Å². The van der Waals surface area contributed by atoms with Gasteiger partial charge in [0.15, 0.2) is 0 Å². The minimum Gasteiger partial charge on any atom is -0.495 e. The second-order valence-electron chi connectivity index (χ2n) is 7.00. The molecule has 5 nitrogen and oxygen atoms in total. The summed E-state index contributed by atoms with van der Waals surface area (Å²) in [6.45, 7) is 6.62. The number of para-hydroxylation sites is 2. The molecule has 2 saturated heterocycles. The van der Waals surface area contributed by atoms with Crippen molar-refractivity contribution < 1.29 is 9.84 Å². The molecule has 0 radical (unpaired) electrons. The first-order chi connectivity index (χ1) is 11.1. The number of piperazine rings is 1. The maximum absolute atomic E-state index is 10.8. The van der Waals surface area contributed by atoms with E-state index < -0.39 is 5.60 Å². The van der Waals surface area contributed by atoms with Gasteiger partial charge in [-0.25, -0.2) is 0 Å². The van der Waals surface area contributed by atoms with Crippen LogP contribution in [0.3, 0.4) is 0 Å². The van der Waals surface area contributed by atoms with E-state index in [1.54, 1.807) is 7.11 Å². The number of hydrogen-bond donors (Lipinski definition) is 1. The first kappa shape index (κ1) is 16.6. The van der Waals surface area contributed by atoms with Crippen LogP contribution in [0.2, 0.25) is 0 Å². The number of rotatable bonds is 4. The number of likely N-dealkylation sites (N-methyl/N-ethyl adjacent to an activating group) is 1. The summed E-state index contributed by atoms with van der Waals surface area (Å²) < 4.78 is 5.47. The lowest BCUT2D eigenvalue weighted by Gasteiger charge is -2.43. The van der Waals surface area contributed by atoms with Crippen LogP contribution in [0.15, 0.2) is 24.3 Å². The molecular formula is C18H29N3O2. The Morgan fingerprint density at radius 1 is 1.13 bits per heavy atom. The fourth-order valence-corrected chi connectivity index (χ4v) is 3.92. The molecule has 2 aliphatic heterocycles. The minimum absolute atomic E-state index is 0.542. The van der Waals surface area contributed by atoms with Gasteiger partial charge in [0, 0.05) is 39.3 Å². The fourth-order valence-electron chi connectivity index (χ4n) is 3.92. The number of methoxy groups -OCH3 is 1. The summed E-state index contributed by atoms with van der Waals surface area (Å²) in [5.74, 6) is 0.938. The zero-order valence-corrected chi connectivity index (χ0v) is 14.4. The molecule has 23 heavy (non-hydrogen) atoms. The zero-order valence-electron chi connectivity index (χ0n) is 14.4. The third-order valence-corrected chi connectivity index (χ3v) is 5.06. The van der Waals surface area contributed by atoms with Crippen LogP contribution in [0.4, 0.5) is 5.69 Å². The van der Waals surface area contributed by atoms with Crippen LogP contribution in [0.1, 0.15) is 12.8 Å². The molecule has 1 aromatic rings. The van der Waals surface area contributed by atoms with Crippen molar-refractivity contribution >= 4 is 5.69 Å². The molecule has 0 spiro atoms. The van der Waals surface area contributed by atoms with Crippen LogP contribution >= 0.6 is 0 Å². The summed E-state index contributed by atoms with van der Waals surface area (Å²) in [4.78, 5) is 7.03. The van der Waals surface area contributed by atoms with E-state index in [1.807, 2.05) is 12.1 Å². The highest BCUT2D eigenvalue weighted by Gasteiger charge is 2.34. The topological polar surface area (TPSA) is 39.2 Å². The molecule has 5 heteroatoms. The summed E-state index contributed by atoms with van der Waals surface area (Å²) in [6.07, 6.45) is 2.01. The van der Waals surface area contributed by atoms with E-state index in [0.29, 0.717) is 0 Å². The van der Waals surface area contributed by atoms with E-state index in [2.05, 4.69) is 33.9 Å². The monoisotopic (exact) mass is 319 g/mol. The minimum atomic E-state index is -0.542. The Morgan fingerprint density at radius 3 is 2.57 bits per heavy atom. The van der Waals surface area contributed by atoms with Crippen molar-refractivity contribution in [2.75, 3.05) is 64.9 Å². The quantitative estimate of drug-likeness (QED) is 0.905. The highest BCUT2D eigenvalue weighted by molar-refractivity contribution is 5.58. The molecule has 2 fully saturated rings. The molecule has 3 rings (SSSR count). The van der Waals surface area contributed by atoms with Crippen molar-refractivity contribution in [2.24, 2.45) is 0 Å². The highest BCUT2D eigenvalue weighted by Crippen LogP contribution is 2.29. The molecule has 0 aliphatic carbocycles. The van der Waals surface area contributed by atoms with Gasteiger partial charge in [0.1, 0.15) is 5.75 Å². The lowest BCUT2D eigenvalue weighted by Crippen LogP contribution is -2.56. The van der Waals surface area contributed by atoms with Gasteiger partial charge in [0.2, 0.25) is 0 Å². The summed E-state index contributed by atoms with van der Waals surface area (Å²) in [5, 5.41) is 10.8. The first-order valence-electron chi connectivity index (χ1n) is 8.61. The normalized spacial score (nSPS) is 27.2. The molecule has 0 aromatic heterocycles. The number of piperidine rings is 1. The van der Waals surface area contributed by atoms with Crippen molar-refractivity contribution in [2.45, 2.75) is 18.4 Å². The molecule has 0 bridgehead atoms. The molecule has 1 aromatic carbocycles. The Balaban J connectivity index is 1.56. The summed E-state index contributed by atoms with van der Waals surface area (Å²) in [7, 11) is 3.83. The summed E-state index contributed by atoms with van der Waals surface area (Å²) in [5.41, 5.74) is 0.630. The third kappa shape index (κ3) is 3.97. The summed E-state index contributed by atoms with van der Waals surface area (Å²) in [6, 6.07) is 8.21. The van der Waals surface area contributed by atoms with Gasteiger partial charge in [-0.05, 0) is 38.6 Å². The van der Waals surface area contributed by atoms with Crippen molar-refractivity contribution in [3.05, 3.63) is 24.3 Å². The first-order valence-corrected chi connectivity index (χ1v) is 8.61. The van der Waals surface area contributed by atoms with Gasteiger partial charge < -0.3 is 19.6 Å². The number of benzene rings is 1. The molecule has 1 atom stereocenters. The molecule has 0 unspecified atom stereocenters. The van der Waals surface area contributed by atoms with Gasteiger partial charge in [-0.15, -0.1) is 0 Å². The van der Waals surface area contributed by atoms with Gasteiger partial charge in [0.25, 0.3) is 0 Å². The van der Waals surface area contributed by atoms with Crippen molar-refractivity contribution in [3.63, 3.8) is 0 Å². The molecule has 0 amide bonds. The maximum Gasteiger partial charge on any atom is 0.142 e. The van der Waals surface area contributed by atoms with E-state index in [-0.39, 0.29) is 0 Å². The lowest BCUT2D eigenvalue weighted by molar-refractivity contribution is -0.0478. The second-order valence-corrected chi connectivity index (χ2v) is 7.00. The van der Waals surface area contributed by atoms with E-state index in [0.717, 1.165) is 64.4 Å². The van der Waals surface area contributed by atoms with E-state index in [4.69, 9.17) is 4.74 Å². The third-order valence-electron chi connectivity index (χ3n) is 5.06. The van der Waals surface area contributed by atoms with Gasteiger partial charge in [-0.3, -0.25) is 4.90 Å². The fraction of sp³-hybridized carbons (Fsp3) is 0.667.